The van der Waals surface area contributed by atoms with Crippen LogP contribution in [0.25, 0.3) is 16.9 Å². The number of hydrogen-bond donors (Lipinski definition) is 0. The third-order valence-electron chi connectivity index (χ3n) is 6.14. The highest BCUT2D eigenvalue weighted by molar-refractivity contribution is 9.10. The molecule has 1 aliphatic rings. The molecule has 1 fully saturated rings. The number of benzene rings is 1. The minimum absolute atomic E-state index is 0.207. The fourth-order valence-corrected chi connectivity index (χ4v) is 4.57. The Bertz CT molecular complexity index is 1410. The molecule has 0 atom stereocenters. The molecule has 0 amide bonds. The van der Waals surface area contributed by atoms with Gasteiger partial charge in [-0.3, -0.25) is 23.2 Å². The second-order valence-electron chi connectivity index (χ2n) is 8.19. The molecule has 0 unspecified atom stereocenters. The molecule has 0 radical (unpaired) electrons. The summed E-state index contributed by atoms with van der Waals surface area (Å²) in [5.41, 5.74) is 2.03. The molecule has 4 aromatic rings. The van der Waals surface area contributed by atoms with E-state index in [9.17, 15) is 9.59 Å². The Kier molecular flexibility index (Phi) is 5.52. The molecule has 0 N–H and O–H groups in total. The molecule has 5 rings (SSSR count). The second-order valence-corrected chi connectivity index (χ2v) is 9.11. The van der Waals surface area contributed by atoms with Crippen LogP contribution in [0.2, 0.25) is 0 Å². The quantitative estimate of drug-likeness (QED) is 0.415. The molecule has 9 nitrogen and oxygen atoms in total. The van der Waals surface area contributed by atoms with Crippen LogP contribution in [0.3, 0.4) is 0 Å². The van der Waals surface area contributed by atoms with Gasteiger partial charge in [-0.1, -0.05) is 28.1 Å². The average molecular weight is 501 g/mol. The molecule has 4 heterocycles. The summed E-state index contributed by atoms with van der Waals surface area (Å²) in [5, 5.41) is 0. The molecule has 0 bridgehead atoms. The number of aryl methyl sites for hydroxylation is 2. The van der Waals surface area contributed by atoms with Gasteiger partial charge in [-0.25, -0.2) is 4.79 Å². The highest BCUT2D eigenvalue weighted by Gasteiger charge is 2.21. The van der Waals surface area contributed by atoms with Crippen LogP contribution in [0.15, 0.2) is 44.5 Å². The van der Waals surface area contributed by atoms with Crippen molar-refractivity contribution >= 4 is 32.9 Å². The van der Waals surface area contributed by atoms with Crippen LogP contribution in [0.5, 0.6) is 0 Å². The number of fused-ring (bicyclic) bond motifs is 3. The van der Waals surface area contributed by atoms with Gasteiger partial charge in [0.15, 0.2) is 11.2 Å². The lowest BCUT2D eigenvalue weighted by Crippen LogP contribution is -2.39. The lowest BCUT2D eigenvalue weighted by atomic mass is 10.2. The van der Waals surface area contributed by atoms with Gasteiger partial charge in [0.2, 0.25) is 5.78 Å². The lowest BCUT2D eigenvalue weighted by Gasteiger charge is -2.26. The van der Waals surface area contributed by atoms with Crippen molar-refractivity contribution in [2.24, 2.45) is 7.05 Å². The Morgan fingerprint density at radius 1 is 1.06 bits per heavy atom. The van der Waals surface area contributed by atoms with Gasteiger partial charge in [0.25, 0.3) is 5.56 Å². The van der Waals surface area contributed by atoms with Crippen LogP contribution in [0.4, 0.5) is 0 Å². The summed E-state index contributed by atoms with van der Waals surface area (Å²) < 4.78 is 13.1. The Morgan fingerprint density at radius 2 is 1.78 bits per heavy atom. The van der Waals surface area contributed by atoms with Gasteiger partial charge in [-0.05, 0) is 24.6 Å². The average Bonchev–Trinajstić information content (AvgIpc) is 3.30. The largest absolute Gasteiger partial charge is 0.379 e. The second kappa shape index (κ2) is 8.34. The first kappa shape index (κ1) is 21.2. The molecule has 10 heteroatoms. The zero-order chi connectivity index (χ0) is 22.4. The molecule has 32 heavy (non-hydrogen) atoms. The highest BCUT2D eigenvalue weighted by atomic mass is 79.9. The number of ether oxygens (including phenoxy) is 1. The molecule has 1 saturated heterocycles. The van der Waals surface area contributed by atoms with E-state index in [0.29, 0.717) is 16.9 Å². The number of aromatic nitrogens is 5. The van der Waals surface area contributed by atoms with E-state index >= 15 is 0 Å². The molecule has 0 aliphatic carbocycles. The van der Waals surface area contributed by atoms with Crippen LogP contribution in [0.1, 0.15) is 11.3 Å². The van der Waals surface area contributed by atoms with Gasteiger partial charge in [0.1, 0.15) is 0 Å². The molecule has 168 valence electrons. The number of rotatable bonds is 5. The molecule has 0 saturated carbocycles. The monoisotopic (exact) mass is 500 g/mol. The zero-order valence-electron chi connectivity index (χ0n) is 18.1. The van der Waals surface area contributed by atoms with Gasteiger partial charge in [0.05, 0.1) is 19.8 Å². The van der Waals surface area contributed by atoms with Crippen molar-refractivity contribution in [1.29, 1.82) is 0 Å². The standard InChI is InChI=1S/C22H25BrN6O3/c1-15-13-28-18-19(24-21(28)27(15)8-7-26-9-11-32-12-10-26)25(2)22(31)29(20(18)30)14-16-3-5-17(23)6-4-16/h3-6,13H,7-12,14H2,1-2H3. The van der Waals surface area contributed by atoms with E-state index in [1.807, 2.05) is 41.8 Å². The van der Waals surface area contributed by atoms with E-state index in [2.05, 4.69) is 25.4 Å². The number of halogens is 1. The molecular formula is C22H25BrN6O3. The number of hydrogen-bond acceptors (Lipinski definition) is 5. The summed E-state index contributed by atoms with van der Waals surface area (Å²) in [6, 6.07) is 7.60. The Hall–Kier alpha value is -2.69. The summed E-state index contributed by atoms with van der Waals surface area (Å²) in [4.78, 5) is 33.5. The summed E-state index contributed by atoms with van der Waals surface area (Å²) in [5.74, 6) is 0.680. The van der Waals surface area contributed by atoms with Crippen molar-refractivity contribution in [3.63, 3.8) is 0 Å². The van der Waals surface area contributed by atoms with E-state index in [1.165, 1.54) is 9.13 Å². The minimum atomic E-state index is -0.372. The first-order chi connectivity index (χ1) is 15.4. The number of morpholine rings is 1. The van der Waals surface area contributed by atoms with Crippen molar-refractivity contribution in [3.05, 3.63) is 67.0 Å². The van der Waals surface area contributed by atoms with Crippen LogP contribution in [0, 0.1) is 6.92 Å². The maximum absolute atomic E-state index is 13.4. The topological polar surface area (TPSA) is 78.7 Å². The van der Waals surface area contributed by atoms with Crippen LogP contribution >= 0.6 is 15.9 Å². The Morgan fingerprint density at radius 3 is 2.50 bits per heavy atom. The maximum atomic E-state index is 13.4. The number of nitrogens with zero attached hydrogens (tertiary/aromatic N) is 6. The lowest BCUT2D eigenvalue weighted by molar-refractivity contribution is 0.0364. The summed E-state index contributed by atoms with van der Waals surface area (Å²) in [7, 11) is 1.67. The third-order valence-corrected chi connectivity index (χ3v) is 6.67. The summed E-state index contributed by atoms with van der Waals surface area (Å²) in [6.07, 6.45) is 1.93. The zero-order valence-corrected chi connectivity index (χ0v) is 19.7. The van der Waals surface area contributed by atoms with Gasteiger partial charge in [0, 0.05) is 49.6 Å². The molecule has 1 aromatic carbocycles. The van der Waals surface area contributed by atoms with Crippen LogP contribution in [-0.4, -0.2) is 60.8 Å². The fourth-order valence-electron chi connectivity index (χ4n) is 4.31. The van der Waals surface area contributed by atoms with E-state index in [1.54, 1.807) is 7.05 Å². The van der Waals surface area contributed by atoms with Crippen molar-refractivity contribution in [3.8, 4) is 0 Å². The van der Waals surface area contributed by atoms with Gasteiger partial charge in [-0.2, -0.15) is 4.98 Å². The predicted molar refractivity (Wildman–Crippen MR) is 125 cm³/mol. The molecule has 1 aliphatic heterocycles. The molecule has 3 aromatic heterocycles. The van der Waals surface area contributed by atoms with E-state index in [0.717, 1.165) is 55.1 Å². The molecule has 0 spiro atoms. The predicted octanol–water partition coefficient (Wildman–Crippen LogP) is 1.60. The first-order valence-electron chi connectivity index (χ1n) is 10.7. The SMILES string of the molecule is Cc1cn2c3c(=O)n(Cc4ccc(Br)cc4)c(=O)n(C)c3nc2n1CCN1CCOCC1. The van der Waals surface area contributed by atoms with Crippen LogP contribution in [-0.2, 0) is 24.9 Å². The van der Waals surface area contributed by atoms with Gasteiger partial charge >= 0.3 is 5.69 Å². The van der Waals surface area contributed by atoms with Gasteiger partial charge < -0.3 is 9.30 Å². The fraction of sp³-hybridized carbons (Fsp3) is 0.409. The van der Waals surface area contributed by atoms with E-state index < -0.39 is 0 Å². The van der Waals surface area contributed by atoms with Gasteiger partial charge in [-0.15, -0.1) is 0 Å². The van der Waals surface area contributed by atoms with E-state index in [-0.39, 0.29) is 17.8 Å². The molecular weight excluding hydrogens is 476 g/mol. The van der Waals surface area contributed by atoms with Crippen molar-refractivity contribution < 1.29 is 4.74 Å². The smallest absolute Gasteiger partial charge is 0.332 e. The van der Waals surface area contributed by atoms with Crippen molar-refractivity contribution in [2.75, 3.05) is 32.8 Å². The number of imidazole rings is 2. The highest BCUT2D eigenvalue weighted by Crippen LogP contribution is 2.17. The van der Waals surface area contributed by atoms with Crippen molar-refractivity contribution in [2.45, 2.75) is 20.0 Å². The Labute approximate surface area is 192 Å². The Balaban J connectivity index is 1.58. The third kappa shape index (κ3) is 3.62. The summed E-state index contributed by atoms with van der Waals surface area (Å²) >= 11 is 3.42. The first-order valence-corrected chi connectivity index (χ1v) is 11.5. The summed E-state index contributed by atoms with van der Waals surface area (Å²) in [6.45, 7) is 7.21. The van der Waals surface area contributed by atoms with Crippen LogP contribution < -0.4 is 11.2 Å². The van der Waals surface area contributed by atoms with Crippen molar-refractivity contribution in [1.82, 2.24) is 28.0 Å². The van der Waals surface area contributed by atoms with E-state index in [4.69, 9.17) is 9.72 Å². The minimum Gasteiger partial charge on any atom is -0.379 e. The normalized spacial score (nSPS) is 15.2. The maximum Gasteiger partial charge on any atom is 0.332 e.